The van der Waals surface area contributed by atoms with Gasteiger partial charge in [-0.05, 0) is 64.9 Å². The average molecular weight is 683 g/mol. The van der Waals surface area contributed by atoms with Crippen molar-refractivity contribution in [1.82, 2.24) is 20.9 Å². The number of benzene rings is 1. The lowest BCUT2D eigenvalue weighted by Gasteiger charge is -2.29. The number of carboxylic acids is 2. The highest BCUT2D eigenvalue weighted by Crippen LogP contribution is 2.35. The number of ether oxygens (including phenoxy) is 1. The van der Waals surface area contributed by atoms with Gasteiger partial charge < -0.3 is 58.3 Å². The largest absolute Gasteiger partial charge is 0.496 e. The maximum Gasteiger partial charge on any atom is 0.322 e. The molecule has 1 aliphatic rings. The van der Waals surface area contributed by atoms with Gasteiger partial charge in [-0.2, -0.15) is 0 Å². The van der Waals surface area contributed by atoms with Crippen molar-refractivity contribution in [3.8, 4) is 5.75 Å². The van der Waals surface area contributed by atoms with E-state index in [1.54, 1.807) is 0 Å². The molecule has 1 unspecified atom stereocenters. The van der Waals surface area contributed by atoms with E-state index in [0.29, 0.717) is 24.3 Å². The van der Waals surface area contributed by atoms with Crippen LogP contribution in [0.4, 0.5) is 5.69 Å². The first-order valence-corrected chi connectivity index (χ1v) is 16.1. The summed E-state index contributed by atoms with van der Waals surface area (Å²) >= 11 is 0.998. The van der Waals surface area contributed by atoms with E-state index in [0.717, 1.165) is 37.7 Å². The Kier molecular flexibility index (Phi) is 16.4. The Bertz CT molecular complexity index is 1280. The number of hydrogen-bond acceptors (Lipinski definition) is 12. The van der Waals surface area contributed by atoms with E-state index in [1.807, 2.05) is 7.05 Å². The average Bonchev–Trinajstić information content (AvgIpc) is 3.04. The SMILES string of the molecule is COc1cc(NC(=O)C(N)CCCN)c(SC[C@H](NC(=O)CC[C@H](N)C(=O)O)C(=O)NCC(=O)O)cc1C(=O)NC1CCN(C)CC1. The molecule has 2 rings (SSSR count). The van der Waals surface area contributed by atoms with Crippen LogP contribution in [-0.2, 0) is 24.0 Å². The molecule has 12 N–H and O–H groups in total. The summed E-state index contributed by atoms with van der Waals surface area (Å²) in [5.74, 6) is -5.05. The number of nitrogens with one attached hydrogen (secondary N) is 4. The molecule has 1 aliphatic heterocycles. The molecule has 1 aromatic rings. The van der Waals surface area contributed by atoms with Crippen molar-refractivity contribution in [2.45, 2.75) is 67.6 Å². The fourth-order valence-electron chi connectivity index (χ4n) is 4.55. The van der Waals surface area contributed by atoms with Gasteiger partial charge in [-0.1, -0.05) is 0 Å². The van der Waals surface area contributed by atoms with Crippen molar-refractivity contribution in [3.05, 3.63) is 17.7 Å². The van der Waals surface area contributed by atoms with Crippen LogP contribution in [0.25, 0.3) is 0 Å². The Morgan fingerprint density at radius 1 is 1.04 bits per heavy atom. The predicted octanol–water partition coefficient (Wildman–Crippen LogP) is -1.51. The summed E-state index contributed by atoms with van der Waals surface area (Å²) in [7, 11) is 3.38. The van der Waals surface area contributed by atoms with Crippen LogP contribution in [0.1, 0.15) is 48.9 Å². The number of rotatable bonds is 19. The minimum Gasteiger partial charge on any atom is -0.496 e. The summed E-state index contributed by atoms with van der Waals surface area (Å²) in [4.78, 5) is 76.5. The second-order valence-corrected chi connectivity index (χ2v) is 12.2. The Morgan fingerprint density at radius 2 is 1.72 bits per heavy atom. The number of methoxy groups -OCH3 is 1. The summed E-state index contributed by atoms with van der Waals surface area (Å²) in [5.41, 5.74) is 17.5. The maximum atomic E-state index is 13.4. The molecule has 0 saturated carbocycles. The van der Waals surface area contributed by atoms with E-state index in [2.05, 4.69) is 26.2 Å². The molecule has 18 heteroatoms. The predicted molar refractivity (Wildman–Crippen MR) is 174 cm³/mol. The molecule has 0 radical (unpaired) electrons. The molecule has 17 nitrogen and oxygen atoms in total. The first kappa shape index (κ1) is 39.2. The fourth-order valence-corrected chi connectivity index (χ4v) is 5.60. The molecule has 1 heterocycles. The van der Waals surface area contributed by atoms with Crippen LogP contribution < -0.4 is 43.2 Å². The van der Waals surface area contributed by atoms with E-state index in [9.17, 15) is 28.8 Å². The number of carbonyl (C=O) groups excluding carboxylic acids is 4. The Balaban J connectivity index is 2.39. The van der Waals surface area contributed by atoms with Crippen LogP contribution in [-0.4, -0.2) is 121 Å². The van der Waals surface area contributed by atoms with Gasteiger partial charge in [0.15, 0.2) is 0 Å². The fraction of sp³-hybridized carbons (Fsp3) is 0.586. The number of nitrogens with two attached hydrogens (primary N) is 3. The minimum atomic E-state index is -1.31. The zero-order valence-electron chi connectivity index (χ0n) is 26.6. The quantitative estimate of drug-likeness (QED) is 0.0751. The summed E-state index contributed by atoms with van der Waals surface area (Å²) < 4.78 is 5.50. The molecule has 1 aromatic carbocycles. The zero-order chi connectivity index (χ0) is 35.1. The van der Waals surface area contributed by atoms with Crippen LogP contribution in [0, 0.1) is 0 Å². The first-order valence-electron chi connectivity index (χ1n) is 15.1. The number of piperidine rings is 1. The highest BCUT2D eigenvalue weighted by molar-refractivity contribution is 7.99. The molecular weight excluding hydrogens is 636 g/mol. The lowest BCUT2D eigenvalue weighted by atomic mass is 10.0. The first-order chi connectivity index (χ1) is 22.2. The third-order valence-corrected chi connectivity index (χ3v) is 8.53. The van der Waals surface area contributed by atoms with Gasteiger partial charge in [0, 0.05) is 29.2 Å². The maximum absolute atomic E-state index is 13.4. The molecular formula is C29H46N8O9S. The molecule has 3 atom stereocenters. The van der Waals surface area contributed by atoms with Crippen LogP contribution in [0.5, 0.6) is 5.75 Å². The Morgan fingerprint density at radius 3 is 2.32 bits per heavy atom. The van der Waals surface area contributed by atoms with E-state index >= 15 is 0 Å². The van der Waals surface area contributed by atoms with Crippen molar-refractivity contribution in [3.63, 3.8) is 0 Å². The van der Waals surface area contributed by atoms with Crippen LogP contribution in [0.3, 0.4) is 0 Å². The van der Waals surface area contributed by atoms with Crippen molar-refractivity contribution in [2.24, 2.45) is 17.2 Å². The van der Waals surface area contributed by atoms with E-state index < -0.39 is 60.2 Å². The molecule has 0 aliphatic carbocycles. The molecule has 0 spiro atoms. The van der Waals surface area contributed by atoms with Gasteiger partial charge in [-0.3, -0.25) is 28.8 Å². The molecule has 262 valence electrons. The number of aliphatic carboxylic acids is 2. The second-order valence-electron chi connectivity index (χ2n) is 11.2. The highest BCUT2D eigenvalue weighted by Gasteiger charge is 2.27. The molecule has 0 aromatic heterocycles. The van der Waals surface area contributed by atoms with Crippen LogP contribution in [0.2, 0.25) is 0 Å². The number of hydrogen-bond donors (Lipinski definition) is 9. The number of likely N-dealkylation sites (tertiary alicyclic amines) is 1. The van der Waals surface area contributed by atoms with E-state index in [4.69, 9.17) is 32.2 Å². The number of carboxylic acid groups (broad SMARTS) is 2. The van der Waals surface area contributed by atoms with Crippen molar-refractivity contribution < 1.29 is 43.7 Å². The molecule has 0 bridgehead atoms. The van der Waals surface area contributed by atoms with Gasteiger partial charge in [-0.15, -0.1) is 11.8 Å². The number of anilines is 1. The van der Waals surface area contributed by atoms with Crippen molar-refractivity contribution in [2.75, 3.05) is 51.4 Å². The van der Waals surface area contributed by atoms with Gasteiger partial charge in [0.25, 0.3) is 5.91 Å². The number of nitrogens with zero attached hydrogens (tertiary/aromatic N) is 1. The second kappa shape index (κ2) is 19.6. The van der Waals surface area contributed by atoms with Gasteiger partial charge in [-0.25, -0.2) is 0 Å². The Hall–Kier alpha value is -3.97. The summed E-state index contributed by atoms with van der Waals surface area (Å²) in [6.45, 7) is 1.26. The lowest BCUT2D eigenvalue weighted by molar-refractivity contribution is -0.139. The van der Waals surface area contributed by atoms with Crippen molar-refractivity contribution >= 4 is 53.0 Å². The number of thioether (sulfide) groups is 1. The summed E-state index contributed by atoms with van der Waals surface area (Å²) in [6.07, 6.45) is 1.83. The van der Waals surface area contributed by atoms with Crippen molar-refractivity contribution in [1.29, 1.82) is 0 Å². The molecule has 4 amide bonds. The third-order valence-electron chi connectivity index (χ3n) is 7.38. The van der Waals surface area contributed by atoms with Gasteiger partial charge in [0.05, 0.1) is 24.4 Å². The molecule has 47 heavy (non-hydrogen) atoms. The third kappa shape index (κ3) is 13.3. The van der Waals surface area contributed by atoms with Crippen LogP contribution in [0.15, 0.2) is 17.0 Å². The molecule has 1 fully saturated rings. The summed E-state index contributed by atoms with van der Waals surface area (Å²) in [5, 5.41) is 28.5. The number of amides is 4. The lowest BCUT2D eigenvalue weighted by Crippen LogP contribution is -2.49. The topological polar surface area (TPSA) is 282 Å². The van der Waals surface area contributed by atoms with Gasteiger partial charge >= 0.3 is 11.9 Å². The zero-order valence-corrected chi connectivity index (χ0v) is 27.4. The normalized spacial score (nSPS) is 15.5. The Labute approximate surface area is 277 Å². The van der Waals surface area contributed by atoms with E-state index in [-0.39, 0.29) is 41.6 Å². The van der Waals surface area contributed by atoms with E-state index in [1.165, 1.54) is 19.2 Å². The van der Waals surface area contributed by atoms with Gasteiger partial charge in [0.2, 0.25) is 17.7 Å². The van der Waals surface area contributed by atoms with Crippen LogP contribution >= 0.6 is 11.8 Å². The minimum absolute atomic E-state index is 0.0637. The summed E-state index contributed by atoms with van der Waals surface area (Å²) in [6, 6.07) is -0.580. The number of carbonyl (C=O) groups is 6. The highest BCUT2D eigenvalue weighted by atomic mass is 32.2. The monoisotopic (exact) mass is 682 g/mol. The van der Waals surface area contributed by atoms with Gasteiger partial charge in [0.1, 0.15) is 24.4 Å². The standard InChI is InChI=1S/C29H46N8O9S/c1-37-10-7-16(8-11-37)34-26(41)17-12-23(20(13-22(17)46-2)36-27(42)18(31)4-3-9-30)47-15-21(28(43)33-14-25(39)40)35-24(38)6-5-19(32)29(44)45/h12-13,16,18-19,21H,3-11,14-15,30-32H2,1-2H3,(H,33,43)(H,34,41)(H,35,38)(H,36,42)(H,39,40)(H,44,45)/t18?,19-,21-/m0/s1. The molecule has 1 saturated heterocycles. The smallest absolute Gasteiger partial charge is 0.322 e.